The van der Waals surface area contributed by atoms with Crippen LogP contribution in [-0.4, -0.2) is 37.0 Å². The molecule has 1 N–H and O–H groups in total. The minimum atomic E-state index is 0.122. The lowest BCUT2D eigenvalue weighted by atomic mass is 10.3. The second kappa shape index (κ2) is 5.82. The van der Waals surface area contributed by atoms with Crippen molar-refractivity contribution in [1.29, 1.82) is 0 Å². The maximum Gasteiger partial charge on any atom is 0.246 e. The fourth-order valence-electron chi connectivity index (χ4n) is 1.71. The van der Waals surface area contributed by atoms with Gasteiger partial charge in [-0.2, -0.15) is 0 Å². The summed E-state index contributed by atoms with van der Waals surface area (Å²) in [5.41, 5.74) is 0. The molecule has 1 aliphatic heterocycles. The molecule has 1 aromatic rings. The Morgan fingerprint density at radius 1 is 1.44 bits per heavy atom. The predicted octanol–water partition coefficient (Wildman–Crippen LogP) is 1.58. The molecule has 1 fully saturated rings. The van der Waals surface area contributed by atoms with E-state index in [1.54, 1.807) is 17.4 Å². The van der Waals surface area contributed by atoms with Crippen LogP contribution in [-0.2, 0) is 4.79 Å². The molecule has 1 aliphatic rings. The first-order valence-electron chi connectivity index (χ1n) is 5.57. The van der Waals surface area contributed by atoms with Gasteiger partial charge in [0.25, 0.3) is 0 Å². The van der Waals surface area contributed by atoms with E-state index in [1.807, 2.05) is 28.5 Å². The van der Waals surface area contributed by atoms with Gasteiger partial charge >= 0.3 is 0 Å². The monoisotopic (exact) mass is 236 g/mol. The van der Waals surface area contributed by atoms with Crippen LogP contribution < -0.4 is 5.32 Å². The summed E-state index contributed by atoms with van der Waals surface area (Å²) in [6.07, 6.45) is 4.61. The van der Waals surface area contributed by atoms with Gasteiger partial charge in [0.1, 0.15) is 0 Å². The number of thiophene rings is 1. The minimum Gasteiger partial charge on any atom is -0.338 e. The molecule has 0 spiro atoms. The molecule has 0 aliphatic carbocycles. The fourth-order valence-corrected chi connectivity index (χ4v) is 2.33. The van der Waals surface area contributed by atoms with Crippen molar-refractivity contribution in [3.05, 3.63) is 28.5 Å². The molecule has 0 bridgehead atoms. The van der Waals surface area contributed by atoms with Gasteiger partial charge in [-0.05, 0) is 30.5 Å². The van der Waals surface area contributed by atoms with E-state index in [1.165, 1.54) is 0 Å². The molecule has 0 radical (unpaired) electrons. The van der Waals surface area contributed by atoms with Gasteiger partial charge in [0, 0.05) is 30.6 Å². The van der Waals surface area contributed by atoms with Crippen molar-refractivity contribution < 1.29 is 4.79 Å². The lowest BCUT2D eigenvalue weighted by Crippen LogP contribution is -2.32. The number of rotatable bonds is 2. The molecule has 16 heavy (non-hydrogen) atoms. The van der Waals surface area contributed by atoms with Gasteiger partial charge in [-0.1, -0.05) is 6.07 Å². The molecule has 4 heteroatoms. The number of carbonyl (C=O) groups is 1. The molecular weight excluding hydrogens is 220 g/mol. The third-order valence-corrected chi connectivity index (χ3v) is 3.42. The molecule has 2 heterocycles. The fraction of sp³-hybridized carbons (Fsp3) is 0.417. The lowest BCUT2D eigenvalue weighted by Gasteiger charge is -2.17. The van der Waals surface area contributed by atoms with E-state index in [4.69, 9.17) is 0 Å². The molecule has 0 aromatic carbocycles. The van der Waals surface area contributed by atoms with Crippen molar-refractivity contribution in [3.63, 3.8) is 0 Å². The van der Waals surface area contributed by atoms with E-state index in [0.29, 0.717) is 0 Å². The van der Waals surface area contributed by atoms with E-state index in [9.17, 15) is 4.79 Å². The van der Waals surface area contributed by atoms with Crippen LogP contribution in [0.5, 0.6) is 0 Å². The average Bonchev–Trinajstić information content (AvgIpc) is 2.66. The highest BCUT2D eigenvalue weighted by atomic mass is 32.1. The standard InChI is InChI=1S/C12H16N2OS/c15-12(5-4-11-3-1-10-16-11)14-8-2-6-13-7-9-14/h1,3-5,10,13H,2,6-9H2/b5-4+. The summed E-state index contributed by atoms with van der Waals surface area (Å²) in [4.78, 5) is 14.9. The first kappa shape index (κ1) is 11.4. The molecular formula is C12H16N2OS. The third kappa shape index (κ3) is 3.18. The topological polar surface area (TPSA) is 32.3 Å². The average molecular weight is 236 g/mol. The Bertz CT molecular complexity index is 351. The Labute approximate surface area is 99.8 Å². The molecule has 0 atom stereocenters. The highest BCUT2D eigenvalue weighted by Crippen LogP contribution is 2.10. The summed E-state index contributed by atoms with van der Waals surface area (Å²) in [6, 6.07) is 4.00. The number of hydrogen-bond donors (Lipinski definition) is 1. The van der Waals surface area contributed by atoms with Crippen molar-refractivity contribution >= 4 is 23.3 Å². The van der Waals surface area contributed by atoms with Crippen molar-refractivity contribution in [2.75, 3.05) is 26.2 Å². The van der Waals surface area contributed by atoms with Crippen LogP contribution in [0.3, 0.4) is 0 Å². The summed E-state index contributed by atoms with van der Waals surface area (Å²) in [6.45, 7) is 3.59. The van der Waals surface area contributed by atoms with Gasteiger partial charge in [-0.15, -0.1) is 11.3 Å². The number of nitrogens with zero attached hydrogens (tertiary/aromatic N) is 1. The molecule has 0 saturated carbocycles. The number of nitrogens with one attached hydrogen (secondary N) is 1. The molecule has 1 amide bonds. The van der Waals surface area contributed by atoms with E-state index < -0.39 is 0 Å². The van der Waals surface area contributed by atoms with Gasteiger partial charge in [0.2, 0.25) is 5.91 Å². The molecule has 0 unspecified atom stereocenters. The number of amides is 1. The Hall–Kier alpha value is -1.13. The molecule has 86 valence electrons. The van der Waals surface area contributed by atoms with E-state index in [0.717, 1.165) is 37.5 Å². The van der Waals surface area contributed by atoms with Gasteiger partial charge in [0.05, 0.1) is 0 Å². The maximum absolute atomic E-state index is 11.9. The smallest absolute Gasteiger partial charge is 0.246 e. The SMILES string of the molecule is O=C(/C=C/c1cccs1)N1CCCNCC1. The molecule has 3 nitrogen and oxygen atoms in total. The van der Waals surface area contributed by atoms with Crippen molar-refractivity contribution in [2.45, 2.75) is 6.42 Å². The van der Waals surface area contributed by atoms with Gasteiger partial charge in [-0.25, -0.2) is 0 Å². The van der Waals surface area contributed by atoms with Crippen molar-refractivity contribution in [2.24, 2.45) is 0 Å². The highest BCUT2D eigenvalue weighted by Gasteiger charge is 2.12. The normalized spacial score (nSPS) is 17.6. The molecule has 1 saturated heterocycles. The number of carbonyl (C=O) groups excluding carboxylic acids is 1. The maximum atomic E-state index is 11.9. The summed E-state index contributed by atoms with van der Waals surface area (Å²) in [5.74, 6) is 0.122. The van der Waals surface area contributed by atoms with Crippen molar-refractivity contribution in [3.8, 4) is 0 Å². The van der Waals surface area contributed by atoms with Crippen LogP contribution in [0, 0.1) is 0 Å². The van der Waals surface area contributed by atoms with Crippen LogP contribution in [0.4, 0.5) is 0 Å². The Morgan fingerprint density at radius 2 is 2.38 bits per heavy atom. The van der Waals surface area contributed by atoms with Crippen LogP contribution in [0.25, 0.3) is 6.08 Å². The second-order valence-electron chi connectivity index (χ2n) is 3.78. The van der Waals surface area contributed by atoms with E-state index in [2.05, 4.69) is 5.32 Å². The van der Waals surface area contributed by atoms with Gasteiger partial charge < -0.3 is 10.2 Å². The Morgan fingerprint density at radius 3 is 3.19 bits per heavy atom. The summed E-state index contributed by atoms with van der Waals surface area (Å²) in [5, 5.41) is 5.30. The van der Waals surface area contributed by atoms with Crippen molar-refractivity contribution in [1.82, 2.24) is 10.2 Å². The second-order valence-corrected chi connectivity index (χ2v) is 4.76. The van der Waals surface area contributed by atoms with Crippen LogP contribution >= 0.6 is 11.3 Å². The van der Waals surface area contributed by atoms with Crippen LogP contribution in [0.2, 0.25) is 0 Å². The van der Waals surface area contributed by atoms with Crippen LogP contribution in [0.1, 0.15) is 11.3 Å². The van der Waals surface area contributed by atoms with E-state index in [-0.39, 0.29) is 5.91 Å². The Balaban J connectivity index is 1.91. The highest BCUT2D eigenvalue weighted by molar-refractivity contribution is 7.10. The largest absolute Gasteiger partial charge is 0.338 e. The van der Waals surface area contributed by atoms with Gasteiger partial charge in [-0.3, -0.25) is 4.79 Å². The zero-order valence-electron chi connectivity index (χ0n) is 9.19. The zero-order valence-corrected chi connectivity index (χ0v) is 10.0. The Kier molecular flexibility index (Phi) is 4.13. The quantitative estimate of drug-likeness (QED) is 0.791. The summed E-state index contributed by atoms with van der Waals surface area (Å²) >= 11 is 1.65. The number of hydrogen-bond acceptors (Lipinski definition) is 3. The first-order chi connectivity index (χ1) is 7.86. The lowest BCUT2D eigenvalue weighted by molar-refractivity contribution is -0.125. The summed E-state index contributed by atoms with van der Waals surface area (Å²) in [7, 11) is 0. The molecule has 2 rings (SSSR count). The van der Waals surface area contributed by atoms with E-state index >= 15 is 0 Å². The zero-order chi connectivity index (χ0) is 11.2. The summed E-state index contributed by atoms with van der Waals surface area (Å²) < 4.78 is 0. The predicted molar refractivity (Wildman–Crippen MR) is 67.4 cm³/mol. The minimum absolute atomic E-state index is 0.122. The van der Waals surface area contributed by atoms with Crippen LogP contribution in [0.15, 0.2) is 23.6 Å². The first-order valence-corrected chi connectivity index (χ1v) is 6.45. The molecule has 1 aromatic heterocycles. The third-order valence-electron chi connectivity index (χ3n) is 2.59. The van der Waals surface area contributed by atoms with Gasteiger partial charge in [0.15, 0.2) is 0 Å².